The molecule has 2 heterocycles. The highest BCUT2D eigenvalue weighted by atomic mass is 16.5. The Balaban J connectivity index is 2.16. The Morgan fingerprint density at radius 2 is 2.26 bits per heavy atom. The average molecular weight is 264 g/mol. The summed E-state index contributed by atoms with van der Waals surface area (Å²) in [4.78, 5) is 11.6. The molecule has 0 amide bonds. The first kappa shape index (κ1) is 14.4. The van der Waals surface area contributed by atoms with E-state index >= 15 is 0 Å². The van der Waals surface area contributed by atoms with Crippen LogP contribution >= 0.6 is 0 Å². The van der Waals surface area contributed by atoms with Gasteiger partial charge in [0.15, 0.2) is 5.82 Å². The van der Waals surface area contributed by atoms with Gasteiger partial charge in [-0.25, -0.2) is 9.97 Å². The number of nitrogens with one attached hydrogen (secondary N) is 1. The monoisotopic (exact) mass is 264 g/mol. The van der Waals surface area contributed by atoms with Crippen LogP contribution in [0.5, 0.6) is 0 Å². The Bertz CT molecular complexity index is 422. The van der Waals surface area contributed by atoms with Crippen LogP contribution in [0.3, 0.4) is 0 Å². The molecule has 0 saturated carbocycles. The molecule has 1 aromatic rings. The molecule has 2 rings (SSSR count). The van der Waals surface area contributed by atoms with Crippen molar-refractivity contribution in [3.8, 4) is 0 Å². The van der Waals surface area contributed by atoms with Gasteiger partial charge in [0.05, 0.1) is 12.3 Å². The molecule has 106 valence electrons. The van der Waals surface area contributed by atoms with E-state index in [1.54, 1.807) is 0 Å². The molecular formula is C14H24N4O. The fraction of sp³-hybridized carbons (Fsp3) is 0.714. The molecule has 0 bridgehead atoms. The third kappa shape index (κ3) is 3.72. The van der Waals surface area contributed by atoms with Crippen molar-refractivity contribution in [2.75, 3.05) is 26.7 Å². The van der Waals surface area contributed by atoms with Crippen LogP contribution < -0.4 is 5.32 Å². The van der Waals surface area contributed by atoms with E-state index < -0.39 is 0 Å². The molecule has 0 aromatic carbocycles. The Morgan fingerprint density at radius 1 is 1.47 bits per heavy atom. The zero-order valence-corrected chi connectivity index (χ0v) is 12.3. The van der Waals surface area contributed by atoms with Crippen molar-refractivity contribution in [2.45, 2.75) is 39.5 Å². The van der Waals surface area contributed by atoms with E-state index in [-0.39, 0.29) is 6.10 Å². The van der Waals surface area contributed by atoms with Crippen LogP contribution in [0.4, 0.5) is 0 Å². The van der Waals surface area contributed by atoms with E-state index in [0.717, 1.165) is 43.5 Å². The summed E-state index contributed by atoms with van der Waals surface area (Å²) >= 11 is 0. The summed E-state index contributed by atoms with van der Waals surface area (Å²) in [5.74, 6) is 0.815. The number of nitrogens with zero attached hydrogens (tertiary/aromatic N) is 3. The molecule has 1 N–H and O–H groups in total. The summed E-state index contributed by atoms with van der Waals surface area (Å²) in [6, 6.07) is 2.55. The molecule has 5 heteroatoms. The lowest BCUT2D eigenvalue weighted by Gasteiger charge is -2.34. The minimum Gasteiger partial charge on any atom is -0.368 e. The highest BCUT2D eigenvalue weighted by Gasteiger charge is 2.25. The van der Waals surface area contributed by atoms with Crippen LogP contribution in [0.25, 0.3) is 0 Å². The van der Waals surface area contributed by atoms with Crippen LogP contribution in [0.15, 0.2) is 6.07 Å². The summed E-state index contributed by atoms with van der Waals surface area (Å²) in [5.41, 5.74) is 2.02. The highest BCUT2D eigenvalue weighted by molar-refractivity contribution is 5.12. The van der Waals surface area contributed by atoms with Gasteiger partial charge in [-0.15, -0.1) is 0 Å². The number of hydrogen-bond donors (Lipinski definition) is 1. The van der Waals surface area contributed by atoms with Gasteiger partial charge in [0.25, 0.3) is 0 Å². The maximum Gasteiger partial charge on any atom is 0.158 e. The van der Waals surface area contributed by atoms with Crippen LogP contribution in [-0.4, -0.2) is 47.7 Å². The smallest absolute Gasteiger partial charge is 0.158 e. The second kappa shape index (κ2) is 6.41. The Kier molecular flexibility index (Phi) is 4.85. The second-order valence-electron chi connectivity index (χ2n) is 5.34. The maximum atomic E-state index is 5.85. The molecule has 1 aliphatic rings. The van der Waals surface area contributed by atoms with Gasteiger partial charge in [0.1, 0.15) is 6.10 Å². The number of rotatable bonds is 4. The van der Waals surface area contributed by atoms with Crippen LogP contribution in [0.1, 0.15) is 37.2 Å². The maximum absolute atomic E-state index is 5.85. The average Bonchev–Trinajstić information content (AvgIpc) is 2.38. The summed E-state index contributed by atoms with van der Waals surface area (Å²) < 4.78 is 5.85. The van der Waals surface area contributed by atoms with Gasteiger partial charge in [0.2, 0.25) is 0 Å². The molecular weight excluding hydrogens is 240 g/mol. The van der Waals surface area contributed by atoms with Gasteiger partial charge in [-0.2, -0.15) is 0 Å². The Labute approximate surface area is 115 Å². The second-order valence-corrected chi connectivity index (χ2v) is 5.34. The van der Waals surface area contributed by atoms with Gasteiger partial charge in [0, 0.05) is 31.4 Å². The van der Waals surface area contributed by atoms with Crippen molar-refractivity contribution in [3.63, 3.8) is 0 Å². The molecule has 1 fully saturated rings. The van der Waals surface area contributed by atoms with Crippen LogP contribution in [-0.2, 0) is 11.3 Å². The number of morpholine rings is 1. The fourth-order valence-electron chi connectivity index (χ4n) is 2.37. The largest absolute Gasteiger partial charge is 0.368 e. The van der Waals surface area contributed by atoms with E-state index in [0.29, 0.717) is 6.04 Å². The van der Waals surface area contributed by atoms with Crippen LogP contribution in [0.2, 0.25) is 0 Å². The SMILES string of the molecule is CNCc1cc(C)nc(C2CN(C(C)C)CCO2)n1. The third-order valence-electron chi connectivity index (χ3n) is 3.40. The van der Waals surface area contributed by atoms with Crippen molar-refractivity contribution in [1.82, 2.24) is 20.2 Å². The molecule has 1 saturated heterocycles. The van der Waals surface area contributed by atoms with Gasteiger partial charge in [-0.3, -0.25) is 4.90 Å². The predicted molar refractivity (Wildman–Crippen MR) is 74.9 cm³/mol. The summed E-state index contributed by atoms with van der Waals surface area (Å²) in [6.07, 6.45) is -0.00773. The Morgan fingerprint density at radius 3 is 2.95 bits per heavy atom. The van der Waals surface area contributed by atoms with Crippen molar-refractivity contribution >= 4 is 0 Å². The molecule has 0 radical (unpaired) electrons. The zero-order valence-electron chi connectivity index (χ0n) is 12.3. The molecule has 1 aliphatic heterocycles. The molecule has 19 heavy (non-hydrogen) atoms. The van der Waals surface area contributed by atoms with Gasteiger partial charge < -0.3 is 10.1 Å². The fourth-order valence-corrected chi connectivity index (χ4v) is 2.37. The van der Waals surface area contributed by atoms with Gasteiger partial charge in [-0.05, 0) is 33.9 Å². The number of ether oxygens (including phenoxy) is 1. The Hall–Kier alpha value is -1.04. The topological polar surface area (TPSA) is 50.3 Å². The first-order valence-electron chi connectivity index (χ1n) is 6.95. The van der Waals surface area contributed by atoms with Crippen molar-refractivity contribution in [1.29, 1.82) is 0 Å². The van der Waals surface area contributed by atoms with E-state index in [4.69, 9.17) is 4.74 Å². The van der Waals surface area contributed by atoms with Gasteiger partial charge >= 0.3 is 0 Å². The zero-order chi connectivity index (χ0) is 13.8. The summed E-state index contributed by atoms with van der Waals surface area (Å²) in [5, 5.41) is 3.13. The van der Waals surface area contributed by atoms with Crippen molar-refractivity contribution < 1.29 is 4.74 Å². The lowest BCUT2D eigenvalue weighted by atomic mass is 10.2. The number of hydrogen-bond acceptors (Lipinski definition) is 5. The molecule has 1 unspecified atom stereocenters. The highest BCUT2D eigenvalue weighted by Crippen LogP contribution is 2.21. The molecule has 1 atom stereocenters. The van der Waals surface area contributed by atoms with E-state index in [2.05, 4.69) is 34.0 Å². The first-order valence-corrected chi connectivity index (χ1v) is 6.95. The normalized spacial score (nSPS) is 21.0. The lowest BCUT2D eigenvalue weighted by Crippen LogP contribution is -2.42. The van der Waals surface area contributed by atoms with Gasteiger partial charge in [-0.1, -0.05) is 0 Å². The standard InChI is InChI=1S/C14H24N4O/c1-10(2)18-5-6-19-13(9-18)14-16-11(3)7-12(17-14)8-15-4/h7,10,13,15H,5-6,8-9H2,1-4H3. The van der Waals surface area contributed by atoms with E-state index in [9.17, 15) is 0 Å². The lowest BCUT2D eigenvalue weighted by molar-refractivity contribution is -0.0444. The minimum absolute atomic E-state index is 0.00773. The first-order chi connectivity index (χ1) is 9.10. The van der Waals surface area contributed by atoms with E-state index in [1.807, 2.05) is 20.0 Å². The molecule has 0 spiro atoms. The molecule has 1 aromatic heterocycles. The molecule has 5 nitrogen and oxygen atoms in total. The summed E-state index contributed by atoms with van der Waals surface area (Å²) in [7, 11) is 1.93. The van der Waals surface area contributed by atoms with Crippen LogP contribution in [0, 0.1) is 6.92 Å². The summed E-state index contributed by atoms with van der Waals surface area (Å²) in [6.45, 7) is 9.81. The predicted octanol–water partition coefficient (Wildman–Crippen LogP) is 1.29. The van der Waals surface area contributed by atoms with Crippen molar-refractivity contribution in [2.24, 2.45) is 0 Å². The van der Waals surface area contributed by atoms with E-state index in [1.165, 1.54) is 0 Å². The minimum atomic E-state index is -0.00773. The number of aryl methyl sites for hydroxylation is 1. The quantitative estimate of drug-likeness (QED) is 0.888. The third-order valence-corrected chi connectivity index (χ3v) is 3.40. The van der Waals surface area contributed by atoms with Crippen molar-refractivity contribution in [3.05, 3.63) is 23.3 Å². The molecule has 0 aliphatic carbocycles. The number of aromatic nitrogens is 2.